The molecule has 2 atom stereocenters. The maximum atomic E-state index is 12.3. The summed E-state index contributed by atoms with van der Waals surface area (Å²) in [7, 11) is 0. The number of benzene rings is 1. The van der Waals surface area contributed by atoms with Crippen molar-refractivity contribution in [2.24, 2.45) is 0 Å². The number of urea groups is 1. The van der Waals surface area contributed by atoms with Crippen molar-refractivity contribution in [3.05, 3.63) is 35.9 Å². The lowest BCUT2D eigenvalue weighted by Crippen LogP contribution is -2.43. The molecule has 0 aromatic heterocycles. The van der Waals surface area contributed by atoms with E-state index in [0.29, 0.717) is 25.1 Å². The number of imide groups is 1. The summed E-state index contributed by atoms with van der Waals surface area (Å²) in [5, 5.41) is 4.62. The van der Waals surface area contributed by atoms with Gasteiger partial charge >= 0.3 is 12.0 Å². The van der Waals surface area contributed by atoms with E-state index < -0.39 is 30.1 Å². The minimum Gasteiger partial charge on any atom is -0.445 e. The predicted octanol–water partition coefficient (Wildman–Crippen LogP) is 1.30. The summed E-state index contributed by atoms with van der Waals surface area (Å²) in [6.07, 6.45) is -0.506. The molecule has 0 unspecified atom stereocenters. The first kappa shape index (κ1) is 17.0. The molecular weight excluding hydrogens is 300 g/mol. The second-order valence-electron chi connectivity index (χ2n) is 5.08. The zero-order valence-electron chi connectivity index (χ0n) is 12.9. The van der Waals surface area contributed by atoms with E-state index in [-0.39, 0.29) is 0 Å². The van der Waals surface area contributed by atoms with Crippen LogP contribution in [0, 0.1) is 0 Å². The molecule has 7 heteroatoms. The smallest absolute Gasteiger partial charge is 0.336 e. The number of carbonyl (C=O) groups is 3. The lowest BCUT2D eigenvalue weighted by atomic mass is 10.1. The van der Waals surface area contributed by atoms with Gasteiger partial charge in [-0.15, -0.1) is 0 Å². The minimum absolute atomic E-state index is 0.380. The summed E-state index contributed by atoms with van der Waals surface area (Å²) in [6.45, 7) is 2.61. The lowest BCUT2D eigenvalue weighted by Gasteiger charge is -2.19. The maximum Gasteiger partial charge on any atom is 0.336 e. The summed E-state index contributed by atoms with van der Waals surface area (Å²) in [5.74, 6) is -1.30. The van der Waals surface area contributed by atoms with Crippen molar-refractivity contribution in [2.75, 3.05) is 13.2 Å². The number of carbonyl (C=O) groups excluding carboxylic acids is 3. The highest BCUT2D eigenvalue weighted by Crippen LogP contribution is 2.21. The molecule has 1 aliphatic heterocycles. The Labute approximate surface area is 134 Å². The molecule has 1 heterocycles. The van der Waals surface area contributed by atoms with Crippen LogP contribution in [0.25, 0.3) is 0 Å². The molecule has 0 saturated carbocycles. The summed E-state index contributed by atoms with van der Waals surface area (Å²) >= 11 is 0. The van der Waals surface area contributed by atoms with Crippen LogP contribution in [-0.2, 0) is 19.1 Å². The Morgan fingerprint density at radius 3 is 2.65 bits per heavy atom. The first-order valence-corrected chi connectivity index (χ1v) is 7.57. The van der Waals surface area contributed by atoms with Crippen LogP contribution in [0.15, 0.2) is 30.3 Å². The summed E-state index contributed by atoms with van der Waals surface area (Å²) < 4.78 is 10.6. The summed E-state index contributed by atoms with van der Waals surface area (Å²) in [5.41, 5.74) is 0.487. The largest absolute Gasteiger partial charge is 0.445 e. The average Bonchev–Trinajstić information content (AvgIpc) is 3.07. The van der Waals surface area contributed by atoms with E-state index in [0.717, 1.165) is 6.42 Å². The van der Waals surface area contributed by atoms with Crippen LogP contribution in [0.4, 0.5) is 4.79 Å². The zero-order valence-corrected chi connectivity index (χ0v) is 12.9. The Morgan fingerprint density at radius 1 is 1.30 bits per heavy atom. The van der Waals surface area contributed by atoms with Crippen LogP contribution in [0.3, 0.4) is 0 Å². The maximum absolute atomic E-state index is 12.3. The van der Waals surface area contributed by atoms with E-state index in [1.807, 2.05) is 0 Å². The fraction of sp³-hybridized carbons (Fsp3) is 0.438. The van der Waals surface area contributed by atoms with Gasteiger partial charge in [-0.25, -0.2) is 9.59 Å². The third kappa shape index (κ3) is 4.79. The van der Waals surface area contributed by atoms with Gasteiger partial charge in [0, 0.05) is 18.7 Å². The highest BCUT2D eigenvalue weighted by Gasteiger charge is 2.32. The van der Waals surface area contributed by atoms with Gasteiger partial charge in [0.2, 0.25) is 6.10 Å². The molecule has 3 amide bonds. The Bertz CT molecular complexity index is 555. The van der Waals surface area contributed by atoms with Crippen molar-refractivity contribution in [1.82, 2.24) is 10.6 Å². The van der Waals surface area contributed by atoms with E-state index in [2.05, 4.69) is 10.6 Å². The van der Waals surface area contributed by atoms with Crippen LogP contribution >= 0.6 is 0 Å². The van der Waals surface area contributed by atoms with Gasteiger partial charge in [-0.05, 0) is 19.8 Å². The number of ether oxygens (including phenoxy) is 2. The van der Waals surface area contributed by atoms with Crippen LogP contribution in [-0.4, -0.2) is 37.2 Å². The van der Waals surface area contributed by atoms with Crippen molar-refractivity contribution in [3.63, 3.8) is 0 Å². The highest BCUT2D eigenvalue weighted by molar-refractivity contribution is 5.97. The van der Waals surface area contributed by atoms with Crippen molar-refractivity contribution < 1.29 is 23.9 Å². The van der Waals surface area contributed by atoms with E-state index >= 15 is 0 Å². The van der Waals surface area contributed by atoms with E-state index in [9.17, 15) is 14.4 Å². The topological polar surface area (TPSA) is 93.7 Å². The molecule has 0 aliphatic carbocycles. The molecular formula is C16H20N2O5. The van der Waals surface area contributed by atoms with Gasteiger partial charge in [-0.2, -0.15) is 0 Å². The quantitative estimate of drug-likeness (QED) is 0.798. The third-order valence-electron chi connectivity index (χ3n) is 3.34. The summed E-state index contributed by atoms with van der Waals surface area (Å²) in [4.78, 5) is 35.9. The predicted molar refractivity (Wildman–Crippen MR) is 81.5 cm³/mol. The third-order valence-corrected chi connectivity index (χ3v) is 3.34. The van der Waals surface area contributed by atoms with Crippen molar-refractivity contribution in [1.29, 1.82) is 0 Å². The van der Waals surface area contributed by atoms with Crippen LogP contribution in [0.2, 0.25) is 0 Å². The molecule has 2 rings (SSSR count). The molecule has 1 aromatic carbocycles. The van der Waals surface area contributed by atoms with Crippen molar-refractivity contribution in [2.45, 2.75) is 32.0 Å². The molecule has 1 fully saturated rings. The highest BCUT2D eigenvalue weighted by atomic mass is 16.6. The second-order valence-corrected chi connectivity index (χ2v) is 5.08. The number of hydrogen-bond donors (Lipinski definition) is 2. The SMILES string of the molecule is CCNC(=O)NC(=O)[C@H](OC(=O)[C@@H]1CCCO1)c1ccccc1. The lowest BCUT2D eigenvalue weighted by molar-refractivity contribution is -0.164. The van der Waals surface area contributed by atoms with Gasteiger partial charge in [0.25, 0.3) is 5.91 Å². The number of nitrogens with one attached hydrogen (secondary N) is 2. The van der Waals surface area contributed by atoms with Gasteiger partial charge in [0.1, 0.15) is 0 Å². The molecule has 1 aromatic rings. The standard InChI is InChI=1S/C16H20N2O5/c1-2-17-16(21)18-14(19)13(11-7-4-3-5-8-11)23-15(20)12-9-6-10-22-12/h3-5,7-8,12-13H,2,6,9-10H2,1H3,(H2,17,18,19,21)/t12-,13+/m0/s1. The first-order valence-electron chi connectivity index (χ1n) is 7.57. The molecule has 0 bridgehead atoms. The first-order chi connectivity index (χ1) is 11.1. The minimum atomic E-state index is -1.20. The molecule has 1 saturated heterocycles. The molecule has 23 heavy (non-hydrogen) atoms. The number of rotatable bonds is 5. The Kier molecular flexibility index (Phi) is 6.10. The Balaban J connectivity index is 2.10. The average molecular weight is 320 g/mol. The molecule has 7 nitrogen and oxygen atoms in total. The van der Waals surface area contributed by atoms with Crippen molar-refractivity contribution >= 4 is 17.9 Å². The summed E-state index contributed by atoms with van der Waals surface area (Å²) in [6, 6.07) is 7.91. The fourth-order valence-corrected chi connectivity index (χ4v) is 2.24. The van der Waals surface area contributed by atoms with Gasteiger partial charge in [0.15, 0.2) is 6.10 Å². The van der Waals surface area contributed by atoms with Gasteiger partial charge in [-0.1, -0.05) is 30.3 Å². The molecule has 1 aliphatic rings. The normalized spacial score (nSPS) is 18.0. The number of esters is 1. The van der Waals surface area contributed by atoms with Crippen molar-refractivity contribution in [3.8, 4) is 0 Å². The van der Waals surface area contributed by atoms with Crippen LogP contribution < -0.4 is 10.6 Å². The molecule has 124 valence electrons. The Morgan fingerprint density at radius 2 is 2.04 bits per heavy atom. The number of amides is 3. The van der Waals surface area contributed by atoms with Crippen LogP contribution in [0.5, 0.6) is 0 Å². The van der Waals surface area contributed by atoms with E-state index in [1.165, 1.54) is 0 Å². The van der Waals surface area contributed by atoms with Crippen LogP contribution in [0.1, 0.15) is 31.4 Å². The number of hydrogen-bond acceptors (Lipinski definition) is 5. The van der Waals surface area contributed by atoms with Gasteiger partial charge < -0.3 is 14.8 Å². The molecule has 2 N–H and O–H groups in total. The van der Waals surface area contributed by atoms with Gasteiger partial charge in [-0.3, -0.25) is 10.1 Å². The second kappa shape index (κ2) is 8.28. The molecule has 0 radical (unpaired) electrons. The van der Waals surface area contributed by atoms with E-state index in [1.54, 1.807) is 37.3 Å². The monoisotopic (exact) mass is 320 g/mol. The Hall–Kier alpha value is -2.41. The van der Waals surface area contributed by atoms with Gasteiger partial charge in [0.05, 0.1) is 0 Å². The fourth-order valence-electron chi connectivity index (χ4n) is 2.24. The zero-order chi connectivity index (χ0) is 16.7. The van der Waals surface area contributed by atoms with E-state index in [4.69, 9.17) is 9.47 Å². The molecule has 0 spiro atoms.